The molecule has 1 unspecified atom stereocenters. The minimum Gasteiger partial charge on any atom is -0.479 e. The molecule has 0 fully saturated rings. The van der Waals surface area contributed by atoms with Crippen molar-refractivity contribution >= 4 is 12.0 Å². The molecule has 2 N–H and O–H groups in total. The smallest absolute Gasteiger partial charge is 0.334 e. The van der Waals surface area contributed by atoms with E-state index in [0.717, 1.165) is 12.8 Å². The maximum atomic E-state index is 12.2. The molecule has 1 atom stereocenters. The number of carbonyl (C=O) groups excluding carboxylic acids is 1. The first-order chi connectivity index (χ1) is 9.37. The Morgan fingerprint density at radius 3 is 2.15 bits per heavy atom. The summed E-state index contributed by atoms with van der Waals surface area (Å²) in [6.07, 6.45) is 0.744. The van der Waals surface area contributed by atoms with E-state index in [4.69, 9.17) is 9.84 Å². The molecule has 20 heavy (non-hydrogen) atoms. The Labute approximate surface area is 121 Å². The molecule has 0 spiro atoms. The molecule has 0 radical (unpaired) electrons. The second-order valence-electron chi connectivity index (χ2n) is 5.27. The highest BCUT2D eigenvalue weighted by atomic mass is 16.5. The fourth-order valence-electron chi connectivity index (χ4n) is 2.07. The van der Waals surface area contributed by atoms with Crippen LogP contribution in [0.25, 0.3) is 0 Å². The average molecular weight is 288 g/mol. The molecule has 2 amide bonds. The maximum Gasteiger partial charge on any atom is 0.334 e. The van der Waals surface area contributed by atoms with Gasteiger partial charge in [0.25, 0.3) is 0 Å². The standard InChI is InChI=1S/C14H28N2O4/c1-6-11(7-2)16(9-10(3)4)14(19)15-8-12(20-5)13(17)18/h10-12H,6-9H2,1-5H3,(H,15,19)(H,17,18). The SMILES string of the molecule is CCC(CC)N(CC(C)C)C(=O)NCC(OC)C(=O)O. The lowest BCUT2D eigenvalue weighted by Crippen LogP contribution is -2.50. The minimum absolute atomic E-state index is 0.0284. The van der Waals surface area contributed by atoms with E-state index in [1.54, 1.807) is 4.90 Å². The van der Waals surface area contributed by atoms with Crippen LogP contribution in [-0.2, 0) is 9.53 Å². The molecular formula is C14H28N2O4. The molecule has 0 aromatic rings. The van der Waals surface area contributed by atoms with Crippen LogP contribution in [0.15, 0.2) is 0 Å². The monoisotopic (exact) mass is 288 g/mol. The number of carboxylic acids is 1. The summed E-state index contributed by atoms with van der Waals surface area (Å²) in [7, 11) is 1.32. The lowest BCUT2D eigenvalue weighted by atomic mass is 10.1. The van der Waals surface area contributed by atoms with Crippen molar-refractivity contribution < 1.29 is 19.4 Å². The second kappa shape index (κ2) is 9.58. The largest absolute Gasteiger partial charge is 0.479 e. The summed E-state index contributed by atoms with van der Waals surface area (Å²) in [6, 6.07) is -0.0566. The van der Waals surface area contributed by atoms with Gasteiger partial charge in [-0.15, -0.1) is 0 Å². The van der Waals surface area contributed by atoms with Crippen molar-refractivity contribution in [2.24, 2.45) is 5.92 Å². The maximum absolute atomic E-state index is 12.2. The molecule has 0 aromatic carbocycles. The Hall–Kier alpha value is -1.30. The Bertz CT molecular complexity index is 304. The Morgan fingerprint density at radius 1 is 1.25 bits per heavy atom. The Morgan fingerprint density at radius 2 is 1.80 bits per heavy atom. The third kappa shape index (κ3) is 6.23. The van der Waals surface area contributed by atoms with Gasteiger partial charge in [-0.3, -0.25) is 0 Å². The molecule has 0 saturated heterocycles. The van der Waals surface area contributed by atoms with Crippen LogP contribution < -0.4 is 5.32 Å². The van der Waals surface area contributed by atoms with Crippen LogP contribution in [0.4, 0.5) is 4.79 Å². The summed E-state index contributed by atoms with van der Waals surface area (Å²) in [5, 5.41) is 11.5. The molecule has 0 rings (SSSR count). The molecular weight excluding hydrogens is 260 g/mol. The van der Waals surface area contributed by atoms with E-state index in [9.17, 15) is 9.59 Å². The molecule has 0 aliphatic rings. The number of methoxy groups -OCH3 is 1. The highest BCUT2D eigenvalue weighted by molar-refractivity contribution is 5.77. The number of aliphatic carboxylic acids is 1. The third-order valence-electron chi connectivity index (χ3n) is 3.20. The zero-order chi connectivity index (χ0) is 15.7. The third-order valence-corrected chi connectivity index (χ3v) is 3.20. The van der Waals surface area contributed by atoms with Gasteiger partial charge in [-0.2, -0.15) is 0 Å². The number of rotatable bonds is 9. The lowest BCUT2D eigenvalue weighted by Gasteiger charge is -2.32. The van der Waals surface area contributed by atoms with Crippen molar-refractivity contribution in [3.8, 4) is 0 Å². The Kier molecular flexibility index (Phi) is 8.96. The molecule has 0 heterocycles. The number of carbonyl (C=O) groups is 2. The molecule has 0 aliphatic heterocycles. The summed E-state index contributed by atoms with van der Waals surface area (Å²) < 4.78 is 4.80. The van der Waals surface area contributed by atoms with Gasteiger partial charge in [0.15, 0.2) is 6.10 Å². The van der Waals surface area contributed by atoms with Crippen LogP contribution in [0.5, 0.6) is 0 Å². The van der Waals surface area contributed by atoms with Crippen molar-refractivity contribution in [1.82, 2.24) is 10.2 Å². The summed E-state index contributed by atoms with van der Waals surface area (Å²) in [5.41, 5.74) is 0. The van der Waals surface area contributed by atoms with E-state index < -0.39 is 12.1 Å². The van der Waals surface area contributed by atoms with E-state index in [-0.39, 0.29) is 18.6 Å². The lowest BCUT2D eigenvalue weighted by molar-refractivity contribution is -0.148. The zero-order valence-corrected chi connectivity index (χ0v) is 13.2. The van der Waals surface area contributed by atoms with Crippen molar-refractivity contribution in [2.75, 3.05) is 20.2 Å². The van der Waals surface area contributed by atoms with Gasteiger partial charge in [-0.1, -0.05) is 27.7 Å². The fraction of sp³-hybridized carbons (Fsp3) is 0.857. The van der Waals surface area contributed by atoms with Crippen molar-refractivity contribution in [2.45, 2.75) is 52.7 Å². The predicted octanol–water partition coefficient (Wildman–Crippen LogP) is 1.94. The van der Waals surface area contributed by atoms with Gasteiger partial charge in [0, 0.05) is 19.7 Å². The number of urea groups is 1. The number of ether oxygens (including phenoxy) is 1. The molecule has 6 heteroatoms. The van der Waals surface area contributed by atoms with E-state index in [0.29, 0.717) is 12.5 Å². The normalized spacial score (nSPS) is 12.6. The summed E-state index contributed by atoms with van der Waals surface area (Å²) in [4.78, 5) is 24.9. The van der Waals surface area contributed by atoms with E-state index in [1.807, 2.05) is 13.8 Å². The van der Waals surface area contributed by atoms with Crippen LogP contribution in [0, 0.1) is 5.92 Å². The first-order valence-corrected chi connectivity index (χ1v) is 7.17. The van der Waals surface area contributed by atoms with E-state index in [1.165, 1.54) is 7.11 Å². The van der Waals surface area contributed by atoms with Crippen molar-refractivity contribution in [3.05, 3.63) is 0 Å². The van der Waals surface area contributed by atoms with Crippen LogP contribution in [0.3, 0.4) is 0 Å². The topological polar surface area (TPSA) is 78.9 Å². The highest BCUT2D eigenvalue weighted by Crippen LogP contribution is 2.11. The van der Waals surface area contributed by atoms with Crippen LogP contribution in [0.1, 0.15) is 40.5 Å². The molecule has 118 valence electrons. The van der Waals surface area contributed by atoms with Gasteiger partial charge in [0.05, 0.1) is 6.54 Å². The van der Waals surface area contributed by atoms with Gasteiger partial charge in [0.2, 0.25) is 0 Å². The number of amides is 2. The van der Waals surface area contributed by atoms with Crippen molar-refractivity contribution in [1.29, 1.82) is 0 Å². The van der Waals surface area contributed by atoms with Gasteiger partial charge >= 0.3 is 12.0 Å². The molecule has 0 bridgehead atoms. The van der Waals surface area contributed by atoms with Gasteiger partial charge in [0.1, 0.15) is 0 Å². The molecule has 0 saturated carbocycles. The first kappa shape index (κ1) is 18.7. The number of nitrogens with one attached hydrogen (secondary N) is 1. The Balaban J connectivity index is 4.66. The first-order valence-electron chi connectivity index (χ1n) is 7.17. The molecule has 6 nitrogen and oxygen atoms in total. The van der Waals surface area contributed by atoms with Crippen LogP contribution in [0.2, 0.25) is 0 Å². The number of nitrogens with zero attached hydrogens (tertiary/aromatic N) is 1. The quantitative estimate of drug-likeness (QED) is 0.679. The number of hydrogen-bond acceptors (Lipinski definition) is 3. The predicted molar refractivity (Wildman–Crippen MR) is 77.7 cm³/mol. The fourth-order valence-corrected chi connectivity index (χ4v) is 2.07. The number of carboxylic acid groups (broad SMARTS) is 1. The van der Waals surface area contributed by atoms with E-state index in [2.05, 4.69) is 19.2 Å². The summed E-state index contributed by atoms with van der Waals surface area (Å²) in [6.45, 7) is 8.83. The second-order valence-corrected chi connectivity index (χ2v) is 5.27. The van der Waals surface area contributed by atoms with Gasteiger partial charge in [-0.05, 0) is 18.8 Å². The van der Waals surface area contributed by atoms with Crippen LogP contribution >= 0.6 is 0 Å². The zero-order valence-electron chi connectivity index (χ0n) is 13.2. The number of hydrogen-bond donors (Lipinski definition) is 2. The van der Waals surface area contributed by atoms with Gasteiger partial charge in [-0.25, -0.2) is 9.59 Å². The minimum atomic E-state index is -1.08. The van der Waals surface area contributed by atoms with Crippen LogP contribution in [-0.4, -0.2) is 54.4 Å². The summed E-state index contributed by atoms with van der Waals surface area (Å²) >= 11 is 0. The van der Waals surface area contributed by atoms with Crippen molar-refractivity contribution in [3.63, 3.8) is 0 Å². The average Bonchev–Trinajstić information content (AvgIpc) is 2.38. The summed E-state index contributed by atoms with van der Waals surface area (Å²) in [5.74, 6) is -0.718. The van der Waals surface area contributed by atoms with E-state index >= 15 is 0 Å². The van der Waals surface area contributed by atoms with Gasteiger partial charge < -0.3 is 20.1 Å². The highest BCUT2D eigenvalue weighted by Gasteiger charge is 2.24. The molecule has 0 aromatic heterocycles. The molecule has 0 aliphatic carbocycles.